The molecule has 0 saturated carbocycles. The summed E-state index contributed by atoms with van der Waals surface area (Å²) < 4.78 is 6.08. The molecule has 0 bridgehead atoms. The van der Waals surface area contributed by atoms with Gasteiger partial charge in [0.05, 0.1) is 29.4 Å². The molecular formula is C28H22N4O4S. The van der Waals surface area contributed by atoms with E-state index in [1.54, 1.807) is 49.0 Å². The third-order valence-electron chi connectivity index (χ3n) is 5.74. The molecule has 0 saturated heterocycles. The second-order valence-corrected chi connectivity index (χ2v) is 9.08. The quantitative estimate of drug-likeness (QED) is 0.237. The number of hydrogen-bond donors (Lipinski definition) is 3. The van der Waals surface area contributed by atoms with Crippen molar-refractivity contribution >= 4 is 44.9 Å². The predicted molar refractivity (Wildman–Crippen MR) is 145 cm³/mol. The smallest absolute Gasteiger partial charge is 0.323 e. The van der Waals surface area contributed by atoms with Gasteiger partial charge in [0.25, 0.3) is 0 Å². The lowest BCUT2D eigenvalue weighted by Gasteiger charge is -2.09. The lowest BCUT2D eigenvalue weighted by atomic mass is 10.0. The summed E-state index contributed by atoms with van der Waals surface area (Å²) in [5, 5.41) is 16.6. The van der Waals surface area contributed by atoms with Crippen LogP contribution in [0.25, 0.3) is 32.6 Å². The minimum atomic E-state index is -0.856. The average Bonchev–Trinajstić information content (AvgIpc) is 3.34. The van der Waals surface area contributed by atoms with Crippen LogP contribution in [-0.2, 0) is 11.2 Å². The van der Waals surface area contributed by atoms with Crippen LogP contribution in [0.2, 0.25) is 0 Å². The normalized spacial score (nSPS) is 10.7. The first-order valence-electron chi connectivity index (χ1n) is 11.4. The molecule has 0 aliphatic rings. The Labute approximate surface area is 216 Å². The standard InChI is InChI=1S/C28H22N4O4S/c1-36-22-12-10-21(11-13-22)32-28(35)31-20-8-6-19(7-9-20)25-27-26(30-16-29-25)23(15-37-27)18-4-2-17(3-5-18)14-24(33)34/h2-13,15-16H,14H2,1H3,(H,33,34)(H2,31,32,35). The van der Waals surface area contributed by atoms with Crippen LogP contribution in [-0.4, -0.2) is 34.2 Å². The zero-order valence-electron chi connectivity index (χ0n) is 19.8. The number of methoxy groups -OCH3 is 1. The first kappa shape index (κ1) is 24.0. The molecule has 0 aliphatic carbocycles. The maximum Gasteiger partial charge on any atom is 0.323 e. The maximum absolute atomic E-state index is 12.4. The van der Waals surface area contributed by atoms with E-state index in [2.05, 4.69) is 20.6 Å². The fourth-order valence-electron chi connectivity index (χ4n) is 3.92. The van der Waals surface area contributed by atoms with Crippen molar-refractivity contribution in [1.82, 2.24) is 9.97 Å². The van der Waals surface area contributed by atoms with Crippen LogP contribution < -0.4 is 15.4 Å². The van der Waals surface area contributed by atoms with Crippen LogP contribution in [0, 0.1) is 0 Å². The Kier molecular flexibility index (Phi) is 6.78. The number of thiophene rings is 1. The van der Waals surface area contributed by atoms with E-state index in [-0.39, 0.29) is 12.5 Å². The Bertz CT molecular complexity index is 1560. The molecule has 0 unspecified atom stereocenters. The summed E-state index contributed by atoms with van der Waals surface area (Å²) in [5.74, 6) is -0.142. The van der Waals surface area contributed by atoms with Crippen LogP contribution in [0.3, 0.4) is 0 Å². The van der Waals surface area contributed by atoms with Gasteiger partial charge in [-0.1, -0.05) is 36.4 Å². The molecule has 9 heteroatoms. The Hall–Kier alpha value is -4.76. The fourth-order valence-corrected chi connectivity index (χ4v) is 4.96. The van der Waals surface area contributed by atoms with Crippen LogP contribution in [0.1, 0.15) is 5.56 Å². The second kappa shape index (κ2) is 10.5. The highest BCUT2D eigenvalue weighted by Crippen LogP contribution is 2.37. The molecule has 0 atom stereocenters. The molecule has 0 radical (unpaired) electrons. The van der Waals surface area contributed by atoms with Crippen molar-refractivity contribution in [2.45, 2.75) is 6.42 Å². The fraction of sp³-hybridized carbons (Fsp3) is 0.0714. The number of carboxylic acid groups (broad SMARTS) is 1. The Morgan fingerprint density at radius 2 is 1.49 bits per heavy atom. The van der Waals surface area contributed by atoms with Crippen molar-refractivity contribution in [1.29, 1.82) is 0 Å². The summed E-state index contributed by atoms with van der Waals surface area (Å²) in [6.45, 7) is 0. The summed E-state index contributed by atoms with van der Waals surface area (Å²) in [4.78, 5) is 32.4. The molecule has 0 fully saturated rings. The number of ether oxygens (including phenoxy) is 1. The maximum atomic E-state index is 12.4. The average molecular weight is 511 g/mol. The highest BCUT2D eigenvalue weighted by molar-refractivity contribution is 7.18. The molecule has 3 N–H and O–H groups in total. The van der Waals surface area contributed by atoms with E-state index < -0.39 is 5.97 Å². The van der Waals surface area contributed by atoms with Gasteiger partial charge in [0.1, 0.15) is 12.1 Å². The number of nitrogens with one attached hydrogen (secondary N) is 2. The van der Waals surface area contributed by atoms with Gasteiger partial charge in [0.15, 0.2) is 0 Å². The van der Waals surface area contributed by atoms with Crippen molar-refractivity contribution in [3.63, 3.8) is 0 Å². The number of anilines is 2. The summed E-state index contributed by atoms with van der Waals surface area (Å²) in [6, 6.07) is 21.7. The van der Waals surface area contributed by atoms with E-state index in [1.165, 1.54) is 0 Å². The van der Waals surface area contributed by atoms with E-state index >= 15 is 0 Å². The first-order valence-corrected chi connectivity index (χ1v) is 12.2. The van der Waals surface area contributed by atoms with Crippen molar-refractivity contribution in [3.05, 3.63) is 90.1 Å². The molecule has 2 heterocycles. The monoisotopic (exact) mass is 510 g/mol. The summed E-state index contributed by atoms with van der Waals surface area (Å²) >= 11 is 1.56. The van der Waals surface area contributed by atoms with Crippen LogP contribution in [0.4, 0.5) is 16.2 Å². The molecule has 3 aromatic carbocycles. The van der Waals surface area contributed by atoms with Gasteiger partial charge in [-0.3, -0.25) is 4.79 Å². The number of carbonyl (C=O) groups is 2. The number of hydrogen-bond acceptors (Lipinski definition) is 6. The van der Waals surface area contributed by atoms with Gasteiger partial charge in [0.2, 0.25) is 0 Å². The Morgan fingerprint density at radius 1 is 0.865 bits per heavy atom. The van der Waals surface area contributed by atoms with Crippen molar-refractivity contribution < 1.29 is 19.4 Å². The van der Waals surface area contributed by atoms with Crippen LogP contribution in [0.5, 0.6) is 5.75 Å². The van der Waals surface area contributed by atoms with Gasteiger partial charge in [-0.25, -0.2) is 14.8 Å². The minimum Gasteiger partial charge on any atom is -0.497 e. The Balaban J connectivity index is 1.32. The number of aliphatic carboxylic acids is 1. The number of nitrogens with zero attached hydrogens (tertiary/aromatic N) is 2. The van der Waals surface area contributed by atoms with Gasteiger partial charge in [-0.05, 0) is 47.5 Å². The highest BCUT2D eigenvalue weighted by atomic mass is 32.1. The first-order chi connectivity index (χ1) is 18.0. The van der Waals surface area contributed by atoms with Gasteiger partial charge >= 0.3 is 12.0 Å². The second-order valence-electron chi connectivity index (χ2n) is 8.20. The number of benzene rings is 3. The van der Waals surface area contributed by atoms with Crippen molar-refractivity contribution in [2.24, 2.45) is 0 Å². The molecule has 0 spiro atoms. The van der Waals surface area contributed by atoms with Gasteiger partial charge < -0.3 is 20.5 Å². The number of urea groups is 1. The molecule has 37 heavy (non-hydrogen) atoms. The van der Waals surface area contributed by atoms with Gasteiger partial charge in [-0.2, -0.15) is 0 Å². The molecule has 2 amide bonds. The van der Waals surface area contributed by atoms with Crippen molar-refractivity contribution in [2.75, 3.05) is 17.7 Å². The van der Waals surface area contributed by atoms with E-state index in [0.717, 1.165) is 38.2 Å². The number of amides is 2. The third-order valence-corrected chi connectivity index (χ3v) is 6.71. The number of carboxylic acids is 1. The van der Waals surface area contributed by atoms with Gasteiger partial charge in [0, 0.05) is 27.9 Å². The van der Waals surface area contributed by atoms with Crippen LogP contribution >= 0.6 is 11.3 Å². The summed E-state index contributed by atoms with van der Waals surface area (Å²) in [5.41, 5.74) is 6.53. The third kappa shape index (κ3) is 5.41. The molecule has 5 aromatic rings. The Morgan fingerprint density at radius 3 is 2.11 bits per heavy atom. The molecule has 0 aliphatic heterocycles. The predicted octanol–water partition coefficient (Wildman–Crippen LogP) is 6.31. The van der Waals surface area contributed by atoms with Crippen LogP contribution in [0.15, 0.2) is 84.5 Å². The molecule has 184 valence electrons. The van der Waals surface area contributed by atoms with E-state index in [9.17, 15) is 9.59 Å². The molecule has 2 aromatic heterocycles. The van der Waals surface area contributed by atoms with Gasteiger partial charge in [-0.15, -0.1) is 11.3 Å². The van der Waals surface area contributed by atoms with Crippen molar-refractivity contribution in [3.8, 4) is 28.1 Å². The summed E-state index contributed by atoms with van der Waals surface area (Å²) in [7, 11) is 1.59. The molecular weight excluding hydrogens is 488 g/mol. The minimum absolute atomic E-state index is 0.00895. The molecule has 8 nitrogen and oxygen atoms in total. The SMILES string of the molecule is COc1ccc(NC(=O)Nc2ccc(-c3ncnc4c(-c5ccc(CC(=O)O)cc5)csc34)cc2)cc1. The number of fused-ring (bicyclic) bond motifs is 1. The van der Waals surface area contributed by atoms with E-state index in [4.69, 9.17) is 9.84 Å². The highest BCUT2D eigenvalue weighted by Gasteiger charge is 2.14. The van der Waals surface area contributed by atoms with E-state index in [1.807, 2.05) is 53.9 Å². The topological polar surface area (TPSA) is 113 Å². The number of rotatable bonds is 7. The lowest BCUT2D eigenvalue weighted by Crippen LogP contribution is -2.19. The zero-order valence-corrected chi connectivity index (χ0v) is 20.6. The largest absolute Gasteiger partial charge is 0.497 e. The lowest BCUT2D eigenvalue weighted by molar-refractivity contribution is -0.136. The zero-order chi connectivity index (χ0) is 25.8. The van der Waals surface area contributed by atoms with E-state index in [0.29, 0.717) is 17.1 Å². The number of aromatic nitrogens is 2. The summed E-state index contributed by atoms with van der Waals surface area (Å²) in [6.07, 6.45) is 1.53. The number of carbonyl (C=O) groups excluding carboxylic acids is 1. The molecule has 5 rings (SSSR count).